The van der Waals surface area contributed by atoms with Crippen LogP contribution in [0.5, 0.6) is 0 Å². The molecule has 1 fully saturated rings. The number of imide groups is 1. The standard InChI is InChI=1S/C19H14ClNO3S/c20-15-3-1-2-12(10-15)6-9-16(22)14-7-4-13(5-8-14)11-17-18(23)21-19(24)25-17/h1-10,17H,11H2,(H,21,23,24)/b9-6+. The molecule has 1 aliphatic rings. The molecular formula is C19H14ClNO3S. The molecule has 1 aliphatic heterocycles. The summed E-state index contributed by atoms with van der Waals surface area (Å²) >= 11 is 6.91. The van der Waals surface area contributed by atoms with Gasteiger partial charge in [-0.15, -0.1) is 0 Å². The highest BCUT2D eigenvalue weighted by Crippen LogP contribution is 2.23. The Kier molecular flexibility index (Phi) is 5.36. The predicted molar refractivity (Wildman–Crippen MR) is 99.9 cm³/mol. The van der Waals surface area contributed by atoms with Crippen LogP contribution in [0.4, 0.5) is 4.79 Å². The molecule has 126 valence electrons. The number of nitrogens with one attached hydrogen (secondary N) is 1. The molecule has 25 heavy (non-hydrogen) atoms. The zero-order valence-corrected chi connectivity index (χ0v) is 14.6. The molecule has 3 rings (SSSR count). The fraction of sp³-hybridized carbons (Fsp3) is 0.105. The van der Waals surface area contributed by atoms with Gasteiger partial charge in [0.1, 0.15) is 0 Å². The molecule has 1 saturated heterocycles. The van der Waals surface area contributed by atoms with E-state index in [1.165, 1.54) is 6.08 Å². The molecular weight excluding hydrogens is 358 g/mol. The van der Waals surface area contributed by atoms with E-state index in [4.69, 9.17) is 11.6 Å². The summed E-state index contributed by atoms with van der Waals surface area (Å²) in [4.78, 5) is 35.0. The SMILES string of the molecule is O=C1NC(=O)C(Cc2ccc(C(=O)/C=C/c3cccc(Cl)c3)cc2)S1. The van der Waals surface area contributed by atoms with Crippen LogP contribution in [0.3, 0.4) is 0 Å². The molecule has 0 spiro atoms. The number of rotatable bonds is 5. The summed E-state index contributed by atoms with van der Waals surface area (Å²) in [6.07, 6.45) is 3.67. The first-order valence-electron chi connectivity index (χ1n) is 7.60. The maximum absolute atomic E-state index is 12.2. The number of benzene rings is 2. The fourth-order valence-corrected chi connectivity index (χ4v) is 3.48. The van der Waals surface area contributed by atoms with Crippen molar-refractivity contribution in [3.63, 3.8) is 0 Å². The number of ketones is 1. The topological polar surface area (TPSA) is 63.2 Å². The van der Waals surface area contributed by atoms with Gasteiger partial charge in [-0.05, 0) is 35.8 Å². The van der Waals surface area contributed by atoms with Gasteiger partial charge in [0, 0.05) is 10.6 Å². The molecule has 2 amide bonds. The first-order valence-corrected chi connectivity index (χ1v) is 8.85. The second kappa shape index (κ2) is 7.68. The van der Waals surface area contributed by atoms with E-state index in [9.17, 15) is 14.4 Å². The third-order valence-corrected chi connectivity index (χ3v) is 4.92. The lowest BCUT2D eigenvalue weighted by Gasteiger charge is -2.05. The molecule has 1 heterocycles. The average Bonchev–Trinajstić information content (AvgIpc) is 2.91. The Morgan fingerprint density at radius 1 is 1.16 bits per heavy atom. The number of carbonyl (C=O) groups excluding carboxylic acids is 3. The van der Waals surface area contributed by atoms with Crippen LogP contribution in [0.2, 0.25) is 5.02 Å². The van der Waals surface area contributed by atoms with Crippen molar-refractivity contribution in [2.45, 2.75) is 11.7 Å². The summed E-state index contributed by atoms with van der Waals surface area (Å²) in [7, 11) is 0. The van der Waals surface area contributed by atoms with Crippen LogP contribution in [0, 0.1) is 0 Å². The van der Waals surface area contributed by atoms with E-state index in [0.717, 1.165) is 22.9 Å². The number of carbonyl (C=O) groups is 3. The highest BCUT2D eigenvalue weighted by molar-refractivity contribution is 8.15. The van der Waals surface area contributed by atoms with E-state index < -0.39 is 5.25 Å². The van der Waals surface area contributed by atoms with Crippen LogP contribution in [0.1, 0.15) is 21.5 Å². The third kappa shape index (κ3) is 4.59. The fourth-order valence-electron chi connectivity index (χ4n) is 2.43. The van der Waals surface area contributed by atoms with Crippen LogP contribution in [0.15, 0.2) is 54.6 Å². The summed E-state index contributed by atoms with van der Waals surface area (Å²) < 4.78 is 0. The van der Waals surface area contributed by atoms with Gasteiger partial charge >= 0.3 is 0 Å². The van der Waals surface area contributed by atoms with Crippen LogP contribution in [-0.2, 0) is 11.2 Å². The number of hydrogen-bond acceptors (Lipinski definition) is 4. The highest BCUT2D eigenvalue weighted by atomic mass is 35.5. The van der Waals surface area contributed by atoms with Crippen LogP contribution in [-0.4, -0.2) is 22.2 Å². The number of halogens is 1. The quantitative estimate of drug-likeness (QED) is 0.634. The first-order chi connectivity index (χ1) is 12.0. The Labute approximate surface area is 154 Å². The minimum absolute atomic E-state index is 0.116. The van der Waals surface area contributed by atoms with Gasteiger partial charge in [-0.25, -0.2) is 0 Å². The van der Waals surface area contributed by atoms with Crippen molar-refractivity contribution in [2.24, 2.45) is 0 Å². The Balaban J connectivity index is 1.64. The van der Waals surface area contributed by atoms with Crippen LogP contribution < -0.4 is 5.32 Å². The summed E-state index contributed by atoms with van der Waals surface area (Å²) in [5, 5.41) is 2.16. The molecule has 6 heteroatoms. The van der Waals surface area contributed by atoms with Crippen molar-refractivity contribution >= 4 is 46.4 Å². The molecule has 0 saturated carbocycles. The van der Waals surface area contributed by atoms with E-state index >= 15 is 0 Å². The van der Waals surface area contributed by atoms with Gasteiger partial charge in [0.05, 0.1) is 5.25 Å². The van der Waals surface area contributed by atoms with Crippen molar-refractivity contribution in [3.8, 4) is 0 Å². The minimum Gasteiger partial charge on any atom is -0.289 e. The van der Waals surface area contributed by atoms with Crippen molar-refractivity contribution in [1.82, 2.24) is 5.32 Å². The Bertz CT molecular complexity index is 861. The first kappa shape index (κ1) is 17.5. The van der Waals surface area contributed by atoms with Gasteiger partial charge in [0.15, 0.2) is 5.78 Å². The van der Waals surface area contributed by atoms with E-state index in [-0.39, 0.29) is 16.9 Å². The zero-order chi connectivity index (χ0) is 17.8. The smallest absolute Gasteiger partial charge is 0.286 e. The molecule has 2 aromatic carbocycles. The maximum Gasteiger partial charge on any atom is 0.286 e. The second-order valence-corrected chi connectivity index (χ2v) is 7.15. The normalized spacial score (nSPS) is 17.1. The third-order valence-electron chi connectivity index (χ3n) is 3.70. The van der Waals surface area contributed by atoms with E-state index in [0.29, 0.717) is 17.0 Å². The second-order valence-electron chi connectivity index (χ2n) is 5.54. The van der Waals surface area contributed by atoms with Gasteiger partial charge in [0.25, 0.3) is 5.24 Å². The van der Waals surface area contributed by atoms with Crippen molar-refractivity contribution in [3.05, 3.63) is 76.3 Å². The van der Waals surface area contributed by atoms with Crippen molar-refractivity contribution in [2.75, 3.05) is 0 Å². The summed E-state index contributed by atoms with van der Waals surface area (Å²) in [5.74, 6) is -0.380. The molecule has 0 aromatic heterocycles. The largest absolute Gasteiger partial charge is 0.289 e. The molecule has 1 N–H and O–H groups in total. The van der Waals surface area contributed by atoms with Crippen LogP contribution >= 0.6 is 23.4 Å². The molecule has 1 unspecified atom stereocenters. The lowest BCUT2D eigenvalue weighted by Crippen LogP contribution is -2.25. The monoisotopic (exact) mass is 371 g/mol. The molecule has 4 nitrogen and oxygen atoms in total. The van der Waals surface area contributed by atoms with Gasteiger partial charge in [-0.2, -0.15) is 0 Å². The molecule has 1 atom stereocenters. The Hall–Kier alpha value is -2.37. The molecule has 0 aliphatic carbocycles. The predicted octanol–water partition coefficient (Wildman–Crippen LogP) is 4.13. The van der Waals surface area contributed by atoms with Crippen molar-refractivity contribution in [1.29, 1.82) is 0 Å². The minimum atomic E-state index is -0.406. The van der Waals surface area contributed by atoms with Gasteiger partial charge < -0.3 is 0 Å². The molecule has 0 bridgehead atoms. The lowest BCUT2D eigenvalue weighted by atomic mass is 10.0. The van der Waals surface area contributed by atoms with Gasteiger partial charge in [-0.1, -0.05) is 65.8 Å². The summed E-state index contributed by atoms with van der Waals surface area (Å²) in [6, 6.07) is 14.3. The van der Waals surface area contributed by atoms with E-state index in [1.54, 1.807) is 42.5 Å². The lowest BCUT2D eigenvalue weighted by molar-refractivity contribution is -0.118. The van der Waals surface area contributed by atoms with E-state index in [2.05, 4.69) is 5.32 Å². The molecule has 2 aromatic rings. The van der Waals surface area contributed by atoms with Gasteiger partial charge in [-0.3, -0.25) is 19.7 Å². The number of amides is 2. The zero-order valence-electron chi connectivity index (χ0n) is 13.1. The number of hydrogen-bond donors (Lipinski definition) is 1. The molecule has 0 radical (unpaired) electrons. The summed E-state index contributed by atoms with van der Waals surface area (Å²) in [6.45, 7) is 0. The number of thioether (sulfide) groups is 1. The highest BCUT2D eigenvalue weighted by Gasteiger charge is 2.31. The van der Waals surface area contributed by atoms with Gasteiger partial charge in [0.2, 0.25) is 5.91 Å². The Morgan fingerprint density at radius 2 is 1.92 bits per heavy atom. The Morgan fingerprint density at radius 3 is 2.56 bits per heavy atom. The average molecular weight is 372 g/mol. The van der Waals surface area contributed by atoms with E-state index in [1.807, 2.05) is 12.1 Å². The van der Waals surface area contributed by atoms with Crippen LogP contribution in [0.25, 0.3) is 6.08 Å². The van der Waals surface area contributed by atoms with Crippen molar-refractivity contribution < 1.29 is 14.4 Å². The maximum atomic E-state index is 12.2. The summed E-state index contributed by atoms with van der Waals surface area (Å²) in [5.41, 5.74) is 2.31. The number of allylic oxidation sites excluding steroid dienone is 1.